The topological polar surface area (TPSA) is 82.0 Å². The highest BCUT2D eigenvalue weighted by molar-refractivity contribution is 6.33. The number of benzene rings is 2. The smallest absolute Gasteiger partial charge is 0.275 e. The number of hydrogen-bond donors (Lipinski definition) is 2. The SMILES string of the molecule is CN(/N=C/c1c(F)cc(C(=O)NO)cc1F)C(=O)c1ccccc1Cl. The Morgan fingerprint density at radius 2 is 1.84 bits per heavy atom. The average molecular weight is 368 g/mol. The van der Waals surface area contributed by atoms with Crippen molar-refractivity contribution in [3.8, 4) is 0 Å². The summed E-state index contributed by atoms with van der Waals surface area (Å²) in [5.74, 6) is -3.80. The van der Waals surface area contributed by atoms with Crippen molar-refractivity contribution in [2.45, 2.75) is 0 Å². The van der Waals surface area contributed by atoms with Crippen LogP contribution in [0.15, 0.2) is 41.5 Å². The van der Waals surface area contributed by atoms with Crippen molar-refractivity contribution in [1.29, 1.82) is 0 Å². The Bertz CT molecular complexity index is 835. The first-order valence-electron chi connectivity index (χ1n) is 6.85. The van der Waals surface area contributed by atoms with Crippen molar-refractivity contribution in [2.75, 3.05) is 7.05 Å². The summed E-state index contributed by atoms with van der Waals surface area (Å²) in [5.41, 5.74) is 0.498. The van der Waals surface area contributed by atoms with Crippen LogP contribution in [0, 0.1) is 11.6 Å². The van der Waals surface area contributed by atoms with E-state index < -0.39 is 34.6 Å². The average Bonchev–Trinajstić information content (AvgIpc) is 2.59. The van der Waals surface area contributed by atoms with Gasteiger partial charge in [-0.25, -0.2) is 19.3 Å². The van der Waals surface area contributed by atoms with Crippen LogP contribution in [0.5, 0.6) is 0 Å². The zero-order valence-electron chi connectivity index (χ0n) is 12.8. The molecule has 0 fully saturated rings. The van der Waals surface area contributed by atoms with E-state index in [2.05, 4.69) is 5.10 Å². The van der Waals surface area contributed by atoms with Gasteiger partial charge in [-0.15, -0.1) is 0 Å². The van der Waals surface area contributed by atoms with Crippen LogP contribution < -0.4 is 5.48 Å². The summed E-state index contributed by atoms with van der Waals surface area (Å²) in [6.07, 6.45) is 0.806. The number of nitrogens with zero attached hydrogens (tertiary/aromatic N) is 2. The Kier molecular flexibility index (Phi) is 5.79. The molecule has 0 aromatic heterocycles. The van der Waals surface area contributed by atoms with Gasteiger partial charge >= 0.3 is 0 Å². The Balaban J connectivity index is 2.25. The van der Waals surface area contributed by atoms with Gasteiger partial charge in [0.15, 0.2) is 0 Å². The predicted molar refractivity (Wildman–Crippen MR) is 86.8 cm³/mol. The monoisotopic (exact) mass is 367 g/mol. The second kappa shape index (κ2) is 7.82. The van der Waals surface area contributed by atoms with Crippen LogP contribution in [0.4, 0.5) is 8.78 Å². The first-order valence-corrected chi connectivity index (χ1v) is 7.23. The second-order valence-corrected chi connectivity index (χ2v) is 5.25. The van der Waals surface area contributed by atoms with Gasteiger partial charge in [0.25, 0.3) is 11.8 Å². The lowest BCUT2D eigenvalue weighted by Gasteiger charge is -2.12. The van der Waals surface area contributed by atoms with Crippen LogP contribution >= 0.6 is 11.6 Å². The van der Waals surface area contributed by atoms with E-state index in [1.165, 1.54) is 24.7 Å². The minimum atomic E-state index is -1.08. The van der Waals surface area contributed by atoms with Crippen LogP contribution in [0.3, 0.4) is 0 Å². The van der Waals surface area contributed by atoms with Crippen molar-refractivity contribution in [1.82, 2.24) is 10.5 Å². The molecule has 25 heavy (non-hydrogen) atoms. The van der Waals surface area contributed by atoms with E-state index in [1.807, 2.05) is 0 Å². The lowest BCUT2D eigenvalue weighted by atomic mass is 10.1. The lowest BCUT2D eigenvalue weighted by molar-refractivity contribution is 0.0705. The predicted octanol–water partition coefficient (Wildman–Crippen LogP) is 2.84. The van der Waals surface area contributed by atoms with Crippen LogP contribution in [-0.2, 0) is 0 Å². The van der Waals surface area contributed by atoms with Gasteiger partial charge < -0.3 is 0 Å². The maximum Gasteiger partial charge on any atom is 0.275 e. The van der Waals surface area contributed by atoms with E-state index in [0.717, 1.165) is 23.4 Å². The molecule has 2 aromatic carbocycles. The van der Waals surface area contributed by atoms with Gasteiger partial charge in [0.05, 0.1) is 22.4 Å². The summed E-state index contributed by atoms with van der Waals surface area (Å²) >= 11 is 5.91. The molecule has 2 rings (SSSR count). The van der Waals surface area contributed by atoms with Gasteiger partial charge in [0, 0.05) is 12.6 Å². The van der Waals surface area contributed by atoms with Crippen molar-refractivity contribution in [3.05, 3.63) is 69.7 Å². The number of halogens is 3. The summed E-state index contributed by atoms with van der Waals surface area (Å²) in [6.45, 7) is 0. The molecule has 0 heterocycles. The molecule has 0 atom stereocenters. The highest BCUT2D eigenvalue weighted by Crippen LogP contribution is 2.17. The summed E-state index contributed by atoms with van der Waals surface area (Å²) in [5, 5.41) is 13.3. The highest BCUT2D eigenvalue weighted by atomic mass is 35.5. The fourth-order valence-corrected chi connectivity index (χ4v) is 2.13. The van der Waals surface area contributed by atoms with E-state index in [0.29, 0.717) is 0 Å². The van der Waals surface area contributed by atoms with Crippen molar-refractivity contribution < 1.29 is 23.6 Å². The third-order valence-corrected chi connectivity index (χ3v) is 3.53. The standard InChI is InChI=1S/C16H12ClF2N3O3/c1-22(16(24)10-4-2-3-5-12(10)17)20-8-11-13(18)6-9(7-14(11)19)15(23)21-25/h2-8,25H,1H3,(H,21,23)/b20-8+. The molecule has 2 N–H and O–H groups in total. The molecule has 0 saturated carbocycles. The number of rotatable bonds is 4. The minimum Gasteiger partial charge on any atom is -0.288 e. The summed E-state index contributed by atoms with van der Waals surface area (Å²) in [4.78, 5) is 23.4. The zero-order chi connectivity index (χ0) is 18.6. The molecule has 0 spiro atoms. The number of hydrazone groups is 1. The number of carbonyl (C=O) groups is 2. The molecule has 0 aliphatic rings. The van der Waals surface area contributed by atoms with Crippen LogP contribution in [-0.4, -0.2) is 35.3 Å². The van der Waals surface area contributed by atoms with Crippen molar-refractivity contribution in [2.24, 2.45) is 5.10 Å². The van der Waals surface area contributed by atoms with Gasteiger partial charge in [0.1, 0.15) is 11.6 Å². The normalized spacial score (nSPS) is 10.8. The molecule has 0 radical (unpaired) electrons. The Labute approximate surface area is 146 Å². The minimum absolute atomic E-state index is 0.180. The highest BCUT2D eigenvalue weighted by Gasteiger charge is 2.16. The zero-order valence-corrected chi connectivity index (χ0v) is 13.6. The quantitative estimate of drug-likeness (QED) is 0.495. The molecule has 130 valence electrons. The van der Waals surface area contributed by atoms with E-state index >= 15 is 0 Å². The first kappa shape index (κ1) is 18.5. The van der Waals surface area contributed by atoms with Gasteiger partial charge in [0.2, 0.25) is 0 Å². The molecule has 9 heteroatoms. The molecule has 2 aromatic rings. The van der Waals surface area contributed by atoms with E-state index in [9.17, 15) is 18.4 Å². The van der Waals surface area contributed by atoms with E-state index in [4.69, 9.17) is 16.8 Å². The summed E-state index contributed by atoms with van der Waals surface area (Å²) < 4.78 is 27.9. The molecular weight excluding hydrogens is 356 g/mol. The van der Waals surface area contributed by atoms with Gasteiger partial charge in [-0.2, -0.15) is 5.10 Å². The van der Waals surface area contributed by atoms with Gasteiger partial charge in [-0.3, -0.25) is 14.8 Å². The molecule has 0 bridgehead atoms. The fraction of sp³-hybridized carbons (Fsp3) is 0.0625. The second-order valence-electron chi connectivity index (χ2n) is 4.85. The molecule has 0 aliphatic heterocycles. The Morgan fingerprint density at radius 3 is 2.40 bits per heavy atom. The van der Waals surface area contributed by atoms with Crippen LogP contribution in [0.25, 0.3) is 0 Å². The first-order chi connectivity index (χ1) is 11.8. The largest absolute Gasteiger partial charge is 0.288 e. The molecular formula is C16H12ClF2N3O3. The van der Waals surface area contributed by atoms with Crippen LogP contribution in [0.2, 0.25) is 5.02 Å². The molecule has 6 nitrogen and oxygen atoms in total. The fourth-order valence-electron chi connectivity index (χ4n) is 1.91. The Hall–Kier alpha value is -2.84. The lowest BCUT2D eigenvalue weighted by Crippen LogP contribution is -2.22. The maximum absolute atomic E-state index is 13.9. The molecule has 0 aliphatic carbocycles. The molecule has 0 unspecified atom stereocenters. The summed E-state index contributed by atoms with van der Waals surface area (Å²) in [7, 11) is 1.30. The van der Waals surface area contributed by atoms with E-state index in [-0.39, 0.29) is 10.6 Å². The number of hydroxylamine groups is 1. The van der Waals surface area contributed by atoms with Crippen molar-refractivity contribution in [3.63, 3.8) is 0 Å². The van der Waals surface area contributed by atoms with Gasteiger partial charge in [-0.05, 0) is 24.3 Å². The third kappa shape index (κ3) is 4.17. The number of nitrogens with one attached hydrogen (secondary N) is 1. The number of amides is 2. The third-order valence-electron chi connectivity index (χ3n) is 3.20. The van der Waals surface area contributed by atoms with Gasteiger partial charge in [-0.1, -0.05) is 23.7 Å². The van der Waals surface area contributed by atoms with Crippen molar-refractivity contribution >= 4 is 29.6 Å². The Morgan fingerprint density at radius 1 is 1.24 bits per heavy atom. The van der Waals surface area contributed by atoms with Crippen LogP contribution in [0.1, 0.15) is 26.3 Å². The number of carbonyl (C=O) groups excluding carboxylic acids is 2. The van der Waals surface area contributed by atoms with E-state index in [1.54, 1.807) is 12.1 Å². The molecule has 0 saturated heterocycles. The number of hydrogen-bond acceptors (Lipinski definition) is 4. The maximum atomic E-state index is 13.9. The summed E-state index contributed by atoms with van der Waals surface area (Å²) in [6, 6.07) is 7.73. The molecule has 2 amide bonds.